The maximum absolute atomic E-state index is 13.9. The van der Waals surface area contributed by atoms with Gasteiger partial charge in [-0.1, -0.05) is 48.5 Å². The first kappa shape index (κ1) is 19.3. The van der Waals surface area contributed by atoms with E-state index in [2.05, 4.69) is 19.9 Å². The van der Waals surface area contributed by atoms with Gasteiger partial charge in [0.05, 0.1) is 5.56 Å². The van der Waals surface area contributed by atoms with Crippen LogP contribution in [-0.2, 0) is 6.42 Å². The van der Waals surface area contributed by atoms with Crippen LogP contribution in [0.1, 0.15) is 53.2 Å². The van der Waals surface area contributed by atoms with Crippen molar-refractivity contribution in [3.8, 4) is 5.75 Å². The van der Waals surface area contributed by atoms with Gasteiger partial charge in [-0.15, -0.1) is 0 Å². The van der Waals surface area contributed by atoms with E-state index in [0.29, 0.717) is 0 Å². The Morgan fingerprint density at radius 2 is 1.62 bits per heavy atom. The van der Waals surface area contributed by atoms with Crippen LogP contribution in [0.15, 0.2) is 66.7 Å². The van der Waals surface area contributed by atoms with Crippen LogP contribution in [0, 0.1) is 11.6 Å². The van der Waals surface area contributed by atoms with Gasteiger partial charge in [-0.2, -0.15) is 0 Å². The highest BCUT2D eigenvalue weighted by molar-refractivity contribution is 5.98. The van der Waals surface area contributed by atoms with Crippen LogP contribution in [-0.4, -0.2) is 11.4 Å². The molecule has 4 heteroatoms. The zero-order valence-electron chi connectivity index (χ0n) is 16.4. The summed E-state index contributed by atoms with van der Waals surface area (Å²) in [7, 11) is 0. The lowest BCUT2D eigenvalue weighted by molar-refractivity contribution is 0.0774. The molecule has 0 saturated heterocycles. The Kier molecular flexibility index (Phi) is 4.95. The van der Waals surface area contributed by atoms with E-state index in [-0.39, 0.29) is 17.9 Å². The maximum atomic E-state index is 13.9. The zero-order chi connectivity index (χ0) is 20.6. The molecule has 1 atom stereocenters. The van der Waals surface area contributed by atoms with Gasteiger partial charge < -0.3 is 4.74 Å². The average Bonchev–Trinajstić information content (AvgIpc) is 2.67. The summed E-state index contributed by atoms with van der Waals surface area (Å²) in [6.45, 7) is 4.15. The van der Waals surface area contributed by atoms with Crippen molar-refractivity contribution in [1.29, 1.82) is 0 Å². The number of fused-ring (bicyclic) bond motifs is 1. The van der Waals surface area contributed by atoms with Crippen LogP contribution in [0.4, 0.5) is 8.78 Å². The summed E-state index contributed by atoms with van der Waals surface area (Å²) in [6, 6.07) is 19.2. The Balaban J connectivity index is 1.58. The number of hydrogen-bond acceptors (Lipinski definition) is 2. The van der Waals surface area contributed by atoms with Crippen LogP contribution >= 0.6 is 0 Å². The lowest BCUT2D eigenvalue weighted by Gasteiger charge is -2.38. The first-order chi connectivity index (χ1) is 13.8. The molecule has 0 amide bonds. The predicted molar refractivity (Wildman–Crippen MR) is 108 cm³/mol. The largest absolute Gasteiger partial charge is 0.488 e. The molecule has 0 aromatic heterocycles. The molecule has 1 unspecified atom stereocenters. The van der Waals surface area contributed by atoms with Gasteiger partial charge in [0.25, 0.3) is 0 Å². The van der Waals surface area contributed by atoms with Crippen LogP contribution < -0.4 is 4.74 Å². The highest BCUT2D eigenvalue weighted by Gasteiger charge is 2.34. The molecular formula is C25H22F2O2. The van der Waals surface area contributed by atoms with Crippen molar-refractivity contribution in [1.82, 2.24) is 0 Å². The van der Waals surface area contributed by atoms with Crippen molar-refractivity contribution >= 4 is 5.78 Å². The normalized spacial score (nSPS) is 17.3. The summed E-state index contributed by atoms with van der Waals surface area (Å²) in [4.78, 5) is 12.4. The molecule has 29 heavy (non-hydrogen) atoms. The fourth-order valence-electron chi connectivity index (χ4n) is 4.01. The van der Waals surface area contributed by atoms with Crippen molar-refractivity contribution in [3.05, 3.63) is 101 Å². The van der Waals surface area contributed by atoms with Crippen molar-refractivity contribution in [2.24, 2.45) is 0 Å². The molecule has 0 bridgehead atoms. The van der Waals surface area contributed by atoms with Gasteiger partial charge in [0, 0.05) is 17.9 Å². The second-order valence-electron chi connectivity index (χ2n) is 8.09. The minimum atomic E-state index is -0.826. The SMILES string of the molecule is CC1(C)CC(c2ccc(CC(=O)c3c(F)cccc3F)cc2)c2ccccc2O1. The Bertz CT molecular complexity index is 1030. The van der Waals surface area contributed by atoms with Gasteiger partial charge in [-0.3, -0.25) is 4.79 Å². The quantitative estimate of drug-likeness (QED) is 0.503. The Morgan fingerprint density at radius 3 is 2.31 bits per heavy atom. The summed E-state index contributed by atoms with van der Waals surface area (Å²) in [5.74, 6) is -1.14. The number of hydrogen-bond donors (Lipinski definition) is 0. The number of carbonyl (C=O) groups excluding carboxylic acids is 1. The van der Waals surface area contributed by atoms with E-state index >= 15 is 0 Å². The molecule has 2 nitrogen and oxygen atoms in total. The monoisotopic (exact) mass is 392 g/mol. The topological polar surface area (TPSA) is 26.3 Å². The molecule has 3 aromatic carbocycles. The lowest BCUT2D eigenvalue weighted by atomic mass is 9.80. The summed E-state index contributed by atoms with van der Waals surface area (Å²) in [5, 5.41) is 0. The van der Waals surface area contributed by atoms with E-state index in [4.69, 9.17) is 4.74 Å². The Labute approximate surface area is 169 Å². The maximum Gasteiger partial charge on any atom is 0.173 e. The Morgan fingerprint density at radius 1 is 0.966 bits per heavy atom. The minimum Gasteiger partial charge on any atom is -0.488 e. The van der Waals surface area contributed by atoms with Gasteiger partial charge in [0.2, 0.25) is 0 Å². The van der Waals surface area contributed by atoms with E-state index < -0.39 is 23.0 Å². The first-order valence-electron chi connectivity index (χ1n) is 9.68. The molecule has 4 rings (SSSR count). The molecule has 148 valence electrons. The van der Waals surface area contributed by atoms with Gasteiger partial charge in [-0.05, 0) is 49.6 Å². The fraction of sp³-hybridized carbons (Fsp3) is 0.240. The number of benzene rings is 3. The van der Waals surface area contributed by atoms with Crippen molar-refractivity contribution in [2.75, 3.05) is 0 Å². The van der Waals surface area contributed by atoms with Crippen LogP contribution in [0.3, 0.4) is 0 Å². The molecule has 1 heterocycles. The first-order valence-corrected chi connectivity index (χ1v) is 9.68. The number of halogens is 2. The third-order valence-electron chi connectivity index (χ3n) is 5.36. The van der Waals surface area contributed by atoms with Crippen molar-refractivity contribution in [2.45, 2.75) is 38.2 Å². The number of ether oxygens (including phenoxy) is 1. The van der Waals surface area contributed by atoms with Crippen LogP contribution in [0.2, 0.25) is 0 Å². The Hall–Kier alpha value is -3.01. The lowest BCUT2D eigenvalue weighted by Crippen LogP contribution is -2.35. The van der Waals surface area contributed by atoms with Crippen molar-refractivity contribution in [3.63, 3.8) is 0 Å². The number of rotatable bonds is 4. The molecule has 0 saturated carbocycles. The number of ketones is 1. The molecule has 1 aliphatic rings. The molecular weight excluding hydrogens is 370 g/mol. The molecule has 0 radical (unpaired) electrons. The van der Waals surface area contributed by atoms with E-state index in [1.807, 2.05) is 42.5 Å². The summed E-state index contributed by atoms with van der Waals surface area (Å²) >= 11 is 0. The van der Waals surface area contributed by atoms with Crippen molar-refractivity contribution < 1.29 is 18.3 Å². The predicted octanol–water partition coefficient (Wildman–Crippen LogP) is 6.08. The second-order valence-corrected chi connectivity index (χ2v) is 8.09. The van der Waals surface area contributed by atoms with Gasteiger partial charge in [-0.25, -0.2) is 8.78 Å². The number of para-hydroxylation sites is 1. The molecule has 0 aliphatic carbocycles. The summed E-state index contributed by atoms with van der Waals surface area (Å²) in [5.41, 5.74) is 2.24. The average molecular weight is 392 g/mol. The smallest absolute Gasteiger partial charge is 0.173 e. The van der Waals surface area contributed by atoms with E-state index in [1.165, 1.54) is 6.07 Å². The molecule has 0 spiro atoms. The van der Waals surface area contributed by atoms with E-state index in [1.54, 1.807) is 0 Å². The molecule has 1 aliphatic heterocycles. The highest BCUT2D eigenvalue weighted by atomic mass is 19.1. The third kappa shape index (κ3) is 3.93. The summed E-state index contributed by atoms with van der Waals surface area (Å²) < 4.78 is 33.8. The van der Waals surface area contributed by atoms with Gasteiger partial charge in [0.15, 0.2) is 5.78 Å². The molecule has 3 aromatic rings. The van der Waals surface area contributed by atoms with E-state index in [9.17, 15) is 13.6 Å². The van der Waals surface area contributed by atoms with Gasteiger partial charge >= 0.3 is 0 Å². The third-order valence-corrected chi connectivity index (χ3v) is 5.36. The standard InChI is InChI=1S/C25H22F2O2/c1-25(2)15-19(18-6-3-4-9-23(18)29-25)17-12-10-16(11-13-17)14-22(28)24-20(26)7-5-8-21(24)27/h3-13,19H,14-15H2,1-2H3. The molecule has 0 fully saturated rings. The fourth-order valence-corrected chi connectivity index (χ4v) is 4.01. The van der Waals surface area contributed by atoms with Gasteiger partial charge in [0.1, 0.15) is 23.0 Å². The minimum absolute atomic E-state index is 0.0476. The van der Waals surface area contributed by atoms with Crippen LogP contribution in [0.25, 0.3) is 0 Å². The zero-order valence-corrected chi connectivity index (χ0v) is 16.4. The highest BCUT2D eigenvalue weighted by Crippen LogP contribution is 2.44. The number of Topliss-reactive ketones (excluding diaryl/α,β-unsaturated/α-hetero) is 1. The summed E-state index contributed by atoms with van der Waals surface area (Å²) in [6.07, 6.45) is 0.788. The van der Waals surface area contributed by atoms with Crippen LogP contribution in [0.5, 0.6) is 5.75 Å². The molecule has 0 N–H and O–H groups in total. The van der Waals surface area contributed by atoms with E-state index in [0.717, 1.165) is 41.0 Å². The number of carbonyl (C=O) groups is 1. The second kappa shape index (κ2) is 7.43.